The molecule has 4 N–H and O–H groups in total. The zero-order valence-corrected chi connectivity index (χ0v) is 30.5. The Morgan fingerprint density at radius 2 is 1.68 bits per heavy atom. The van der Waals surface area contributed by atoms with E-state index in [9.17, 15) is 33.6 Å². The van der Waals surface area contributed by atoms with Gasteiger partial charge in [0.05, 0.1) is 0 Å². The number of carbonyl (C=O) groups is 5. The Balaban J connectivity index is 1.65. The van der Waals surface area contributed by atoms with Gasteiger partial charge in [-0.1, -0.05) is 69.4 Å². The number of ether oxygens (including phenoxy) is 1. The zero-order valence-electron chi connectivity index (χ0n) is 29.6. The summed E-state index contributed by atoms with van der Waals surface area (Å²) in [5.41, 5.74) is 0.866. The predicted octanol–water partition coefficient (Wildman–Crippen LogP) is 5.10. The minimum absolute atomic E-state index is 0.143. The number of unbranched alkanes of at least 4 members (excludes halogenated alkanes) is 2. The summed E-state index contributed by atoms with van der Waals surface area (Å²) < 4.78 is 30.6. The number of hydrogen-bond acceptors (Lipinski definition) is 9. The Morgan fingerprint density at radius 3 is 2.34 bits per heavy atom. The number of carbonyl (C=O) groups excluding carboxylic acids is 4. The van der Waals surface area contributed by atoms with Crippen LogP contribution in [0.25, 0.3) is 0 Å². The van der Waals surface area contributed by atoms with E-state index >= 15 is 0 Å². The molecule has 0 aromatic heterocycles. The standard InChI is InChI=1S/C35H55N4O10P/c1-4-5-21-30(50(46,47-3)49-25(2)33(42)39-23-14-20-29(39)34(43)44)38-32(41)28(37-31(40)27-17-10-7-11-18-27)19-12-13-22-36-35(45)48-24-26-15-8-6-9-16-26/h6,8-9,15-16,25,27-30H,4-5,7,10-14,17-24H2,1-3H3,(H,36,45)(H,37,40)(H,38,41)(H,43,44)/t25?,28-,29-,30-,50?/m0/s1. The molecule has 1 saturated heterocycles. The SMILES string of the molecule is CCCC[C@@H](NC(=O)[C@H](CCCCNC(=O)OCc1ccccc1)NC(=O)C1CCCCC1)P(=O)(OC)OC(C)C(=O)N1CCC[C@H]1C(=O)O. The van der Waals surface area contributed by atoms with Gasteiger partial charge in [0.1, 0.15) is 30.6 Å². The first-order valence-corrected chi connectivity index (χ1v) is 19.5. The van der Waals surface area contributed by atoms with Crippen LogP contribution in [0, 0.1) is 5.92 Å². The maximum atomic E-state index is 14.2. The predicted molar refractivity (Wildman–Crippen MR) is 186 cm³/mol. The van der Waals surface area contributed by atoms with E-state index in [-0.39, 0.29) is 37.8 Å². The van der Waals surface area contributed by atoms with Crippen molar-refractivity contribution in [3.05, 3.63) is 35.9 Å². The van der Waals surface area contributed by atoms with Gasteiger partial charge in [0.25, 0.3) is 5.91 Å². The summed E-state index contributed by atoms with van der Waals surface area (Å²) in [5.74, 6) is -3.83. The Hall–Kier alpha value is -3.48. The number of amides is 4. The van der Waals surface area contributed by atoms with E-state index in [1.807, 2.05) is 37.3 Å². The number of nitrogens with zero attached hydrogens (tertiary/aromatic N) is 1. The highest BCUT2D eigenvalue weighted by molar-refractivity contribution is 7.54. The molecule has 15 heteroatoms. The molecule has 2 unspecified atom stereocenters. The number of rotatable bonds is 20. The van der Waals surface area contributed by atoms with E-state index in [1.165, 1.54) is 18.9 Å². The van der Waals surface area contributed by atoms with Crippen molar-refractivity contribution >= 4 is 37.4 Å². The highest BCUT2D eigenvalue weighted by Crippen LogP contribution is 2.54. The smallest absolute Gasteiger partial charge is 0.407 e. The van der Waals surface area contributed by atoms with E-state index in [0.717, 1.165) is 37.7 Å². The van der Waals surface area contributed by atoms with Gasteiger partial charge in [-0.2, -0.15) is 0 Å². The summed E-state index contributed by atoms with van der Waals surface area (Å²) in [6.07, 6.45) is 6.14. The van der Waals surface area contributed by atoms with Gasteiger partial charge in [0, 0.05) is 26.1 Å². The summed E-state index contributed by atoms with van der Waals surface area (Å²) in [5, 5.41) is 18.0. The van der Waals surface area contributed by atoms with Crippen LogP contribution in [0.3, 0.4) is 0 Å². The molecule has 3 rings (SSSR count). The van der Waals surface area contributed by atoms with E-state index in [0.29, 0.717) is 45.1 Å². The molecule has 2 fully saturated rings. The van der Waals surface area contributed by atoms with Crippen LogP contribution in [0.1, 0.15) is 103 Å². The van der Waals surface area contributed by atoms with Gasteiger partial charge in [0.15, 0.2) is 0 Å². The molecule has 0 bridgehead atoms. The topological polar surface area (TPSA) is 190 Å². The molecule has 1 aromatic rings. The number of hydrogen-bond donors (Lipinski definition) is 4. The van der Waals surface area contributed by atoms with Crippen molar-refractivity contribution in [1.29, 1.82) is 0 Å². The summed E-state index contributed by atoms with van der Waals surface area (Å²) in [6, 6.07) is 7.36. The highest BCUT2D eigenvalue weighted by Gasteiger charge is 2.43. The minimum atomic E-state index is -4.17. The first-order valence-electron chi connectivity index (χ1n) is 17.9. The van der Waals surface area contributed by atoms with Crippen LogP contribution in [-0.2, 0) is 44.1 Å². The van der Waals surface area contributed by atoms with E-state index in [2.05, 4.69) is 16.0 Å². The lowest BCUT2D eigenvalue weighted by atomic mass is 9.88. The molecular weight excluding hydrogens is 667 g/mol. The fourth-order valence-corrected chi connectivity index (χ4v) is 8.17. The molecule has 0 spiro atoms. The van der Waals surface area contributed by atoms with Crippen LogP contribution in [0.5, 0.6) is 0 Å². The molecule has 4 amide bonds. The van der Waals surface area contributed by atoms with Crippen molar-refractivity contribution in [2.24, 2.45) is 5.92 Å². The third-order valence-corrected chi connectivity index (χ3v) is 11.5. The first kappa shape index (κ1) is 40.9. The Bertz CT molecular complexity index is 1310. The van der Waals surface area contributed by atoms with Gasteiger partial charge >= 0.3 is 19.7 Å². The molecule has 50 heavy (non-hydrogen) atoms. The number of likely N-dealkylation sites (tertiary alicyclic amines) is 1. The van der Waals surface area contributed by atoms with E-state index < -0.39 is 55.4 Å². The molecule has 5 atom stereocenters. The fraction of sp³-hybridized carbons (Fsp3) is 0.686. The van der Waals surface area contributed by atoms with Crippen LogP contribution in [0.15, 0.2) is 30.3 Å². The van der Waals surface area contributed by atoms with Crippen molar-refractivity contribution in [2.45, 2.75) is 128 Å². The average Bonchev–Trinajstić information content (AvgIpc) is 3.62. The number of nitrogens with one attached hydrogen (secondary N) is 3. The van der Waals surface area contributed by atoms with Crippen molar-refractivity contribution in [2.75, 3.05) is 20.2 Å². The van der Waals surface area contributed by atoms with Crippen LogP contribution in [0.4, 0.5) is 4.79 Å². The number of benzene rings is 1. The molecule has 1 aromatic carbocycles. The van der Waals surface area contributed by atoms with Gasteiger partial charge < -0.3 is 35.2 Å². The van der Waals surface area contributed by atoms with Crippen LogP contribution in [0.2, 0.25) is 0 Å². The van der Waals surface area contributed by atoms with Crippen LogP contribution in [-0.4, -0.2) is 84.0 Å². The quantitative estimate of drug-likeness (QED) is 0.104. The molecule has 280 valence electrons. The number of carboxylic acids is 1. The Kier molecular flexibility index (Phi) is 17.2. The lowest BCUT2D eigenvalue weighted by molar-refractivity contribution is -0.151. The second kappa shape index (κ2) is 21.0. The minimum Gasteiger partial charge on any atom is -0.480 e. The first-order chi connectivity index (χ1) is 24.0. The Morgan fingerprint density at radius 1 is 0.960 bits per heavy atom. The van der Waals surface area contributed by atoms with E-state index in [4.69, 9.17) is 13.8 Å². The van der Waals surface area contributed by atoms with Crippen molar-refractivity contribution < 1.29 is 47.4 Å². The second-order valence-corrected chi connectivity index (χ2v) is 15.3. The maximum Gasteiger partial charge on any atom is 0.407 e. The number of alkyl carbamates (subject to hydrolysis) is 1. The van der Waals surface area contributed by atoms with Gasteiger partial charge in [-0.3, -0.25) is 23.5 Å². The third-order valence-electron chi connectivity index (χ3n) is 9.26. The molecule has 1 heterocycles. The number of aliphatic carboxylic acids is 1. The molecule has 2 aliphatic rings. The van der Waals surface area contributed by atoms with Crippen molar-refractivity contribution in [1.82, 2.24) is 20.9 Å². The zero-order chi connectivity index (χ0) is 36.5. The Labute approximate surface area is 295 Å². The molecule has 14 nitrogen and oxygen atoms in total. The largest absolute Gasteiger partial charge is 0.480 e. The summed E-state index contributed by atoms with van der Waals surface area (Å²) in [7, 11) is -2.99. The molecule has 1 aliphatic carbocycles. The van der Waals surface area contributed by atoms with Crippen LogP contribution < -0.4 is 16.0 Å². The van der Waals surface area contributed by atoms with Gasteiger partial charge in [-0.05, 0) is 63.9 Å². The lowest BCUT2D eigenvalue weighted by Crippen LogP contribution is -2.51. The van der Waals surface area contributed by atoms with Crippen molar-refractivity contribution in [3.8, 4) is 0 Å². The molecule has 0 radical (unpaired) electrons. The monoisotopic (exact) mass is 722 g/mol. The average molecular weight is 723 g/mol. The second-order valence-electron chi connectivity index (χ2n) is 13.0. The normalized spacial score (nSPS) is 19.4. The molecular formula is C35H55N4O10P. The van der Waals surface area contributed by atoms with Crippen molar-refractivity contribution in [3.63, 3.8) is 0 Å². The van der Waals surface area contributed by atoms with E-state index in [1.54, 1.807) is 0 Å². The lowest BCUT2D eigenvalue weighted by Gasteiger charge is -2.32. The summed E-state index contributed by atoms with van der Waals surface area (Å²) >= 11 is 0. The number of carboxylic acid groups (broad SMARTS) is 1. The fourth-order valence-electron chi connectivity index (χ4n) is 6.36. The summed E-state index contributed by atoms with van der Waals surface area (Å²) in [6.45, 7) is 4.01. The molecule has 1 saturated carbocycles. The molecule has 1 aliphatic heterocycles. The van der Waals surface area contributed by atoms with Crippen LogP contribution >= 0.6 is 7.60 Å². The van der Waals surface area contributed by atoms with Gasteiger partial charge in [-0.25, -0.2) is 9.59 Å². The maximum absolute atomic E-state index is 14.2. The summed E-state index contributed by atoms with van der Waals surface area (Å²) in [4.78, 5) is 65.3. The highest BCUT2D eigenvalue weighted by atomic mass is 31.2. The van der Waals surface area contributed by atoms with Gasteiger partial charge in [-0.15, -0.1) is 0 Å². The van der Waals surface area contributed by atoms with Gasteiger partial charge in [0.2, 0.25) is 11.8 Å². The third kappa shape index (κ3) is 12.7.